The van der Waals surface area contributed by atoms with Gasteiger partial charge in [-0.1, -0.05) is 6.07 Å². The van der Waals surface area contributed by atoms with Crippen LogP contribution < -0.4 is 10.6 Å². The number of benzene rings is 1. The lowest BCUT2D eigenvalue weighted by molar-refractivity contribution is -0.0572. The van der Waals surface area contributed by atoms with E-state index < -0.39 is 11.4 Å². The zero-order chi connectivity index (χ0) is 14.8. The van der Waals surface area contributed by atoms with E-state index in [0.29, 0.717) is 38.3 Å². The molecule has 4 N–H and O–H groups in total. The van der Waals surface area contributed by atoms with Crippen molar-refractivity contribution >= 4 is 11.5 Å². The number of halogens is 1. The number of nitrogens with two attached hydrogens (primary N) is 1. The third-order valence-corrected chi connectivity index (χ3v) is 3.63. The van der Waals surface area contributed by atoms with Crippen LogP contribution in [0.5, 0.6) is 0 Å². The third kappa shape index (κ3) is 3.08. The van der Waals surface area contributed by atoms with Gasteiger partial charge in [-0.15, -0.1) is 0 Å². The number of nitrogens with one attached hydrogen (secondary N) is 1. The lowest BCUT2D eigenvalue weighted by atomic mass is 9.93. The molecule has 1 fully saturated rings. The molecule has 0 spiro atoms. The first-order valence-electron chi connectivity index (χ1n) is 6.57. The maximum absolute atomic E-state index is 13.8. The van der Waals surface area contributed by atoms with Crippen molar-refractivity contribution in [1.82, 2.24) is 0 Å². The van der Waals surface area contributed by atoms with Crippen molar-refractivity contribution in [2.45, 2.75) is 18.4 Å². The van der Waals surface area contributed by atoms with Crippen LogP contribution in [0.15, 0.2) is 18.2 Å². The van der Waals surface area contributed by atoms with E-state index in [0.717, 1.165) is 0 Å². The first kappa shape index (κ1) is 14.7. The van der Waals surface area contributed by atoms with Gasteiger partial charge < -0.3 is 20.5 Å². The molecule has 0 radical (unpaired) electrons. The number of nitrogen functional groups attached to an aromatic ring is 1. The molecule has 0 bridgehead atoms. The van der Waals surface area contributed by atoms with Crippen molar-refractivity contribution in [3.8, 4) is 0 Å². The van der Waals surface area contributed by atoms with Crippen molar-refractivity contribution in [2.24, 2.45) is 5.73 Å². The molecule has 0 saturated carbocycles. The topological polar surface area (TPSA) is 82.6 Å². The van der Waals surface area contributed by atoms with E-state index in [4.69, 9.17) is 15.9 Å². The molecule has 1 saturated heterocycles. The van der Waals surface area contributed by atoms with Crippen LogP contribution in [0.1, 0.15) is 18.4 Å². The molecule has 1 heterocycles. The van der Waals surface area contributed by atoms with Crippen LogP contribution in [0.2, 0.25) is 0 Å². The van der Waals surface area contributed by atoms with Crippen LogP contribution in [0.25, 0.3) is 0 Å². The molecule has 1 aromatic rings. The van der Waals surface area contributed by atoms with Crippen molar-refractivity contribution < 1.29 is 14.2 Å². The molecule has 0 aliphatic carbocycles. The summed E-state index contributed by atoms with van der Waals surface area (Å²) in [6.45, 7) is 1.39. The van der Waals surface area contributed by atoms with Gasteiger partial charge in [0.05, 0.1) is 16.9 Å². The number of ether oxygens (including phenoxy) is 1. The molecular weight excluding hydrogens is 261 g/mol. The molecule has 110 valence electrons. The van der Waals surface area contributed by atoms with Crippen LogP contribution in [0.4, 0.5) is 10.1 Å². The third-order valence-electron chi connectivity index (χ3n) is 3.63. The Bertz CT molecular complexity index is 501. The van der Waals surface area contributed by atoms with Crippen molar-refractivity contribution in [1.29, 1.82) is 5.41 Å². The van der Waals surface area contributed by atoms with Gasteiger partial charge in [0.1, 0.15) is 11.7 Å². The number of rotatable bonds is 4. The van der Waals surface area contributed by atoms with Gasteiger partial charge in [0.25, 0.3) is 0 Å². The molecule has 0 aromatic heterocycles. The van der Waals surface area contributed by atoms with Crippen LogP contribution in [0.3, 0.4) is 0 Å². The lowest BCUT2D eigenvalue weighted by Crippen LogP contribution is -2.46. The minimum Gasteiger partial charge on any atom is -0.388 e. The van der Waals surface area contributed by atoms with Crippen LogP contribution in [0, 0.1) is 11.2 Å². The standard InChI is InChI=1S/C14H20FN3O2/c1-18(9-14(19)5-7-20-8-6-14)11-4-2-3-10(15)12(11)13(16)17/h2-4,19H,5-9H2,1H3,(H3,16,17). The van der Waals surface area contributed by atoms with Gasteiger partial charge in [0.15, 0.2) is 0 Å². The highest BCUT2D eigenvalue weighted by molar-refractivity contribution is 6.00. The second-order valence-corrected chi connectivity index (χ2v) is 5.24. The summed E-state index contributed by atoms with van der Waals surface area (Å²) < 4.78 is 19.0. The lowest BCUT2D eigenvalue weighted by Gasteiger charge is -2.36. The Labute approximate surface area is 117 Å². The summed E-state index contributed by atoms with van der Waals surface area (Å²) >= 11 is 0. The second-order valence-electron chi connectivity index (χ2n) is 5.24. The fourth-order valence-electron chi connectivity index (χ4n) is 2.53. The van der Waals surface area contributed by atoms with Gasteiger partial charge in [0, 0.05) is 39.6 Å². The zero-order valence-corrected chi connectivity index (χ0v) is 11.5. The average Bonchev–Trinajstić information content (AvgIpc) is 2.38. The molecule has 20 heavy (non-hydrogen) atoms. The fourth-order valence-corrected chi connectivity index (χ4v) is 2.53. The number of amidine groups is 1. The number of likely N-dealkylation sites (N-methyl/N-ethyl adjacent to an activating group) is 1. The quantitative estimate of drug-likeness (QED) is 0.570. The Hall–Kier alpha value is -1.66. The Morgan fingerprint density at radius 1 is 1.50 bits per heavy atom. The summed E-state index contributed by atoms with van der Waals surface area (Å²) in [5.41, 5.74) is 5.19. The monoisotopic (exact) mass is 281 g/mol. The number of hydrogen-bond donors (Lipinski definition) is 3. The van der Waals surface area contributed by atoms with Crippen LogP contribution in [-0.2, 0) is 4.74 Å². The van der Waals surface area contributed by atoms with Crippen LogP contribution in [-0.4, -0.2) is 43.3 Å². The number of hydrogen-bond acceptors (Lipinski definition) is 4. The highest BCUT2D eigenvalue weighted by Gasteiger charge is 2.32. The normalized spacial score (nSPS) is 17.8. The summed E-state index contributed by atoms with van der Waals surface area (Å²) in [4.78, 5) is 1.74. The van der Waals surface area contributed by atoms with E-state index in [9.17, 15) is 9.50 Å². The van der Waals surface area contributed by atoms with E-state index in [-0.39, 0.29) is 11.4 Å². The Morgan fingerprint density at radius 2 is 2.15 bits per heavy atom. The minimum atomic E-state index is -0.854. The van der Waals surface area contributed by atoms with E-state index >= 15 is 0 Å². The molecule has 1 aliphatic heterocycles. The van der Waals surface area contributed by atoms with Crippen molar-refractivity contribution in [3.63, 3.8) is 0 Å². The molecule has 1 aromatic carbocycles. The molecule has 6 heteroatoms. The van der Waals surface area contributed by atoms with E-state index in [1.807, 2.05) is 0 Å². The van der Waals surface area contributed by atoms with Crippen LogP contribution >= 0.6 is 0 Å². The van der Waals surface area contributed by atoms with Gasteiger partial charge in [-0.3, -0.25) is 5.41 Å². The summed E-state index contributed by atoms with van der Waals surface area (Å²) in [7, 11) is 1.76. The van der Waals surface area contributed by atoms with E-state index in [2.05, 4.69) is 0 Å². The summed E-state index contributed by atoms with van der Waals surface area (Å²) in [5.74, 6) is -0.843. The molecule has 5 nitrogen and oxygen atoms in total. The predicted octanol–water partition coefficient (Wildman–Crippen LogP) is 1.09. The Kier molecular flexibility index (Phi) is 4.25. The molecule has 0 atom stereocenters. The SMILES string of the molecule is CN(CC1(O)CCOCC1)c1cccc(F)c1C(=N)N. The van der Waals surface area contributed by atoms with E-state index in [1.165, 1.54) is 6.07 Å². The predicted molar refractivity (Wildman–Crippen MR) is 75.7 cm³/mol. The number of anilines is 1. The number of aliphatic hydroxyl groups is 1. The Morgan fingerprint density at radius 3 is 2.75 bits per heavy atom. The maximum Gasteiger partial charge on any atom is 0.136 e. The van der Waals surface area contributed by atoms with Crippen molar-refractivity contribution in [3.05, 3.63) is 29.6 Å². The first-order chi connectivity index (χ1) is 9.43. The highest BCUT2D eigenvalue weighted by atomic mass is 19.1. The largest absolute Gasteiger partial charge is 0.388 e. The second kappa shape index (κ2) is 5.76. The Balaban J connectivity index is 2.23. The minimum absolute atomic E-state index is 0.0747. The van der Waals surface area contributed by atoms with Gasteiger partial charge >= 0.3 is 0 Å². The van der Waals surface area contributed by atoms with Gasteiger partial charge in [-0.05, 0) is 12.1 Å². The summed E-state index contributed by atoms with van der Waals surface area (Å²) in [6.07, 6.45) is 1.09. The smallest absolute Gasteiger partial charge is 0.136 e. The fraction of sp³-hybridized carbons (Fsp3) is 0.500. The first-order valence-corrected chi connectivity index (χ1v) is 6.57. The molecule has 0 amide bonds. The molecular formula is C14H20FN3O2. The summed E-state index contributed by atoms with van der Waals surface area (Å²) in [6, 6.07) is 4.54. The zero-order valence-electron chi connectivity index (χ0n) is 11.5. The number of nitrogens with zero attached hydrogens (tertiary/aromatic N) is 1. The average molecular weight is 281 g/mol. The molecule has 2 rings (SSSR count). The van der Waals surface area contributed by atoms with Gasteiger partial charge in [-0.25, -0.2) is 4.39 Å². The molecule has 1 aliphatic rings. The maximum atomic E-state index is 13.8. The van der Waals surface area contributed by atoms with Crippen molar-refractivity contribution in [2.75, 3.05) is 31.7 Å². The summed E-state index contributed by atoms with van der Waals surface area (Å²) in [5, 5.41) is 18.0. The van der Waals surface area contributed by atoms with E-state index in [1.54, 1.807) is 24.1 Å². The molecule has 0 unspecified atom stereocenters. The van der Waals surface area contributed by atoms with Gasteiger partial charge in [0.2, 0.25) is 0 Å². The highest BCUT2D eigenvalue weighted by Crippen LogP contribution is 2.27. The van der Waals surface area contributed by atoms with Gasteiger partial charge in [-0.2, -0.15) is 0 Å².